The van der Waals surface area contributed by atoms with Crippen molar-refractivity contribution in [3.8, 4) is 11.1 Å². The van der Waals surface area contributed by atoms with Crippen LogP contribution in [0, 0.1) is 5.92 Å². The van der Waals surface area contributed by atoms with E-state index in [0.717, 1.165) is 22.3 Å². The third-order valence-electron chi connectivity index (χ3n) is 6.01. The molecule has 0 fully saturated rings. The fraction of sp³-hybridized carbons (Fsp3) is 0.172. The van der Waals surface area contributed by atoms with Crippen molar-refractivity contribution in [1.82, 2.24) is 5.32 Å². The van der Waals surface area contributed by atoms with Gasteiger partial charge in [-0.1, -0.05) is 91.0 Å². The van der Waals surface area contributed by atoms with E-state index in [-0.39, 0.29) is 12.3 Å². The second-order valence-electron chi connectivity index (χ2n) is 8.43. The number of carbonyl (C=O) groups is 2. The number of carboxylic acids is 1. The predicted octanol–water partition coefficient (Wildman–Crippen LogP) is 5.41. The molecule has 0 heterocycles. The summed E-state index contributed by atoms with van der Waals surface area (Å²) in [6.07, 6.45) is 0.729. The van der Waals surface area contributed by atoms with Gasteiger partial charge in [0.2, 0.25) is 5.91 Å². The minimum atomic E-state index is -1.05. The number of fused-ring (bicyclic) bond motifs is 1. The lowest BCUT2D eigenvalue weighted by Crippen LogP contribution is -2.45. The van der Waals surface area contributed by atoms with Crippen molar-refractivity contribution in [3.63, 3.8) is 0 Å². The van der Waals surface area contributed by atoms with Crippen LogP contribution < -0.4 is 5.32 Å². The molecule has 0 aliphatic rings. The van der Waals surface area contributed by atoms with Gasteiger partial charge >= 0.3 is 5.97 Å². The molecule has 172 valence electrons. The van der Waals surface area contributed by atoms with Crippen molar-refractivity contribution in [1.29, 1.82) is 0 Å². The fourth-order valence-electron chi connectivity index (χ4n) is 4.07. The van der Waals surface area contributed by atoms with Gasteiger partial charge in [-0.25, -0.2) is 4.79 Å². The quantitative estimate of drug-likeness (QED) is 0.287. The normalized spacial score (nSPS) is 12.7. The van der Waals surface area contributed by atoms with Crippen molar-refractivity contribution in [2.24, 2.45) is 5.92 Å². The number of carboxylic acid groups (broad SMARTS) is 1. The van der Waals surface area contributed by atoms with Gasteiger partial charge in [-0.2, -0.15) is 12.6 Å². The molecule has 1 amide bonds. The Labute approximate surface area is 205 Å². The van der Waals surface area contributed by atoms with Gasteiger partial charge in [-0.05, 0) is 45.5 Å². The predicted molar refractivity (Wildman–Crippen MR) is 140 cm³/mol. The van der Waals surface area contributed by atoms with E-state index in [2.05, 4.69) is 48.3 Å². The van der Waals surface area contributed by atoms with Crippen molar-refractivity contribution in [2.75, 3.05) is 5.75 Å². The van der Waals surface area contributed by atoms with Gasteiger partial charge in [-0.15, -0.1) is 0 Å². The highest BCUT2D eigenvalue weighted by atomic mass is 32.1. The molecule has 0 aliphatic carbocycles. The van der Waals surface area contributed by atoms with E-state index in [4.69, 9.17) is 0 Å². The van der Waals surface area contributed by atoms with E-state index in [1.165, 1.54) is 10.8 Å². The molecule has 34 heavy (non-hydrogen) atoms. The van der Waals surface area contributed by atoms with E-state index in [1.807, 2.05) is 66.7 Å². The maximum Gasteiger partial charge on any atom is 0.326 e. The highest BCUT2D eigenvalue weighted by molar-refractivity contribution is 7.80. The van der Waals surface area contributed by atoms with Gasteiger partial charge in [0, 0.05) is 12.2 Å². The largest absolute Gasteiger partial charge is 0.480 e. The zero-order valence-electron chi connectivity index (χ0n) is 18.7. The minimum absolute atomic E-state index is 0.212. The summed E-state index contributed by atoms with van der Waals surface area (Å²) >= 11 is 4.32. The third-order valence-corrected chi connectivity index (χ3v) is 6.45. The number of benzene rings is 4. The van der Waals surface area contributed by atoms with Crippen LogP contribution in [0.15, 0.2) is 97.1 Å². The monoisotopic (exact) mass is 469 g/mol. The topological polar surface area (TPSA) is 66.4 Å². The number of thiol groups is 1. The molecule has 4 aromatic rings. The van der Waals surface area contributed by atoms with Crippen molar-refractivity contribution < 1.29 is 14.7 Å². The number of hydrogen-bond acceptors (Lipinski definition) is 3. The molecule has 0 radical (unpaired) electrons. The Bertz CT molecular complexity index is 1270. The van der Waals surface area contributed by atoms with Crippen LogP contribution in [0.5, 0.6) is 0 Å². The van der Waals surface area contributed by atoms with Crippen LogP contribution in [0.25, 0.3) is 21.9 Å². The summed E-state index contributed by atoms with van der Waals surface area (Å²) in [4.78, 5) is 24.7. The molecule has 0 aliphatic heterocycles. The number of hydrogen-bond donors (Lipinski definition) is 3. The first-order chi connectivity index (χ1) is 16.5. The second-order valence-corrected chi connectivity index (χ2v) is 8.80. The average Bonchev–Trinajstić information content (AvgIpc) is 2.87. The van der Waals surface area contributed by atoms with E-state index >= 15 is 0 Å². The van der Waals surface area contributed by atoms with Crippen molar-refractivity contribution >= 4 is 35.3 Å². The lowest BCUT2D eigenvalue weighted by atomic mass is 9.97. The van der Waals surface area contributed by atoms with Gasteiger partial charge in [0.05, 0.1) is 5.92 Å². The van der Waals surface area contributed by atoms with Crippen LogP contribution in [0.4, 0.5) is 0 Å². The van der Waals surface area contributed by atoms with Crippen LogP contribution in [0.3, 0.4) is 0 Å². The zero-order chi connectivity index (χ0) is 23.9. The maximum absolute atomic E-state index is 12.8. The van der Waals surface area contributed by atoms with E-state index < -0.39 is 17.9 Å². The smallest absolute Gasteiger partial charge is 0.326 e. The van der Waals surface area contributed by atoms with Gasteiger partial charge < -0.3 is 10.4 Å². The van der Waals surface area contributed by atoms with Crippen molar-refractivity contribution in [2.45, 2.75) is 18.9 Å². The Hall–Kier alpha value is -3.57. The number of rotatable bonds is 9. The summed E-state index contributed by atoms with van der Waals surface area (Å²) in [5.74, 6) is -1.40. The molecule has 5 heteroatoms. The molecule has 4 aromatic carbocycles. The molecule has 0 saturated heterocycles. The molecule has 2 atom stereocenters. The first kappa shape index (κ1) is 23.6. The lowest BCUT2D eigenvalue weighted by Gasteiger charge is -2.19. The lowest BCUT2D eigenvalue weighted by molar-refractivity contribution is -0.142. The zero-order valence-corrected chi connectivity index (χ0v) is 19.6. The van der Waals surface area contributed by atoms with Gasteiger partial charge in [0.1, 0.15) is 6.04 Å². The standard InChI is InChI=1S/C29H27NO3S/c31-28(26(19-34)16-20-6-2-1-3-7-20)30-27(29(32)33)17-21-10-12-23(13-11-21)25-15-14-22-8-4-5-9-24(22)18-25/h1-15,18,26-27,34H,16-17,19H2,(H,30,31)(H,32,33)/t26-,27+/m1/s1. The number of nitrogens with one attached hydrogen (secondary N) is 1. The Morgan fingerprint density at radius 1 is 0.735 bits per heavy atom. The minimum Gasteiger partial charge on any atom is -0.480 e. The Morgan fingerprint density at radius 3 is 2.03 bits per heavy atom. The van der Waals surface area contributed by atoms with Crippen LogP contribution >= 0.6 is 12.6 Å². The summed E-state index contributed by atoms with van der Waals surface area (Å²) < 4.78 is 0. The molecule has 0 spiro atoms. The Morgan fingerprint density at radius 2 is 1.35 bits per heavy atom. The second kappa shape index (κ2) is 11.0. The summed E-state index contributed by atoms with van der Waals surface area (Å²) in [5, 5.41) is 14.8. The number of amides is 1. The molecule has 4 nitrogen and oxygen atoms in total. The van der Waals surface area contributed by atoms with Gasteiger partial charge in [0.15, 0.2) is 0 Å². The first-order valence-electron chi connectivity index (χ1n) is 11.3. The highest BCUT2D eigenvalue weighted by Crippen LogP contribution is 2.25. The Balaban J connectivity index is 1.43. The van der Waals surface area contributed by atoms with Crippen LogP contribution in [-0.2, 0) is 22.4 Å². The third kappa shape index (κ3) is 5.86. The molecule has 0 unspecified atom stereocenters. The molecule has 0 aromatic heterocycles. The molecular weight excluding hydrogens is 442 g/mol. The number of carbonyl (C=O) groups excluding carboxylic acids is 1. The maximum atomic E-state index is 12.8. The summed E-state index contributed by atoms with van der Waals surface area (Å²) in [5.41, 5.74) is 4.03. The van der Waals surface area contributed by atoms with Gasteiger partial charge in [0.25, 0.3) is 0 Å². The molecule has 4 rings (SSSR count). The molecule has 0 bridgehead atoms. The summed E-state index contributed by atoms with van der Waals surface area (Å²) in [6, 6.07) is 31.0. The molecule has 2 N–H and O–H groups in total. The van der Waals surface area contributed by atoms with E-state index in [9.17, 15) is 14.7 Å². The molecule has 0 saturated carbocycles. The number of aliphatic carboxylic acids is 1. The van der Waals surface area contributed by atoms with Crippen LogP contribution in [0.2, 0.25) is 0 Å². The summed E-state index contributed by atoms with van der Waals surface area (Å²) in [6.45, 7) is 0. The fourth-order valence-corrected chi connectivity index (χ4v) is 4.36. The van der Waals surface area contributed by atoms with Gasteiger partial charge in [-0.3, -0.25) is 4.79 Å². The SMILES string of the molecule is O=C(N[C@@H](Cc1ccc(-c2ccc3ccccc3c2)cc1)C(=O)O)[C@@H](CS)Cc1ccccc1. The highest BCUT2D eigenvalue weighted by Gasteiger charge is 2.25. The molecular formula is C29H27NO3S. The Kier molecular flexibility index (Phi) is 7.65. The van der Waals surface area contributed by atoms with Crippen molar-refractivity contribution in [3.05, 3.63) is 108 Å². The van der Waals surface area contributed by atoms with Crippen LogP contribution in [0.1, 0.15) is 11.1 Å². The van der Waals surface area contributed by atoms with E-state index in [0.29, 0.717) is 12.2 Å². The van der Waals surface area contributed by atoms with Crippen LogP contribution in [-0.4, -0.2) is 28.8 Å². The average molecular weight is 470 g/mol. The van der Waals surface area contributed by atoms with E-state index in [1.54, 1.807) is 0 Å². The first-order valence-corrected chi connectivity index (χ1v) is 11.9. The summed E-state index contributed by atoms with van der Waals surface area (Å²) in [7, 11) is 0.